The zero-order chi connectivity index (χ0) is 18.8. The third-order valence-corrected chi connectivity index (χ3v) is 5.19. The van der Waals surface area contributed by atoms with Gasteiger partial charge in [-0.25, -0.2) is 0 Å². The van der Waals surface area contributed by atoms with Crippen molar-refractivity contribution in [3.8, 4) is 0 Å². The van der Waals surface area contributed by atoms with Crippen molar-refractivity contribution < 1.29 is 19.1 Å². The summed E-state index contributed by atoms with van der Waals surface area (Å²) in [5.74, 6) is -0.0245. The van der Waals surface area contributed by atoms with E-state index in [2.05, 4.69) is 12.2 Å². The summed E-state index contributed by atoms with van der Waals surface area (Å²) in [5.41, 5.74) is -0.383. The molecular formula is C21H34O4. The quantitative estimate of drug-likeness (QED) is 0.420. The van der Waals surface area contributed by atoms with Gasteiger partial charge in [0, 0.05) is 5.92 Å². The molecule has 2 bridgehead atoms. The van der Waals surface area contributed by atoms with E-state index < -0.39 is 11.9 Å². The molecule has 25 heavy (non-hydrogen) atoms. The SMILES string of the molecule is CC(C)(C)C(OC(=O)CC(=O)OC1CCC2C=CC1CC2)C(C)(C)C. The zero-order valence-electron chi connectivity index (χ0n) is 16.6. The number of fused-ring (bicyclic) bond motifs is 3. The lowest BCUT2D eigenvalue weighted by Crippen LogP contribution is -2.42. The first kappa shape index (κ1) is 20.0. The average Bonchev–Trinajstić information content (AvgIpc) is 2.76. The van der Waals surface area contributed by atoms with Crippen LogP contribution >= 0.6 is 0 Å². The lowest BCUT2D eigenvalue weighted by Gasteiger charge is -2.39. The van der Waals surface area contributed by atoms with Crippen LogP contribution in [-0.4, -0.2) is 24.1 Å². The highest BCUT2D eigenvalue weighted by molar-refractivity contribution is 5.91. The molecule has 0 aromatic heterocycles. The van der Waals surface area contributed by atoms with Crippen LogP contribution in [0.15, 0.2) is 12.2 Å². The second kappa shape index (κ2) is 7.51. The van der Waals surface area contributed by atoms with Gasteiger partial charge in [-0.15, -0.1) is 0 Å². The summed E-state index contributed by atoms with van der Waals surface area (Å²) in [7, 11) is 0. The predicted molar refractivity (Wildman–Crippen MR) is 97.9 cm³/mol. The molecule has 0 saturated heterocycles. The standard InChI is InChI=1S/C21H34O4/c1-20(2,3)19(21(4,5)6)25-18(23)13-17(22)24-16-12-9-14-7-10-15(16)11-8-14/h7,10,14-16,19H,8-9,11-13H2,1-6H3. The summed E-state index contributed by atoms with van der Waals surface area (Å²) >= 11 is 0. The summed E-state index contributed by atoms with van der Waals surface area (Å²) in [4.78, 5) is 24.5. The normalized spacial score (nSPS) is 26.4. The minimum absolute atomic E-state index is 0.0925. The van der Waals surface area contributed by atoms with Crippen molar-refractivity contribution in [1.29, 1.82) is 0 Å². The van der Waals surface area contributed by atoms with Crippen LogP contribution in [0.3, 0.4) is 0 Å². The van der Waals surface area contributed by atoms with E-state index in [1.807, 2.05) is 41.5 Å². The monoisotopic (exact) mass is 350 g/mol. The Hall–Kier alpha value is -1.32. The van der Waals surface area contributed by atoms with Crippen molar-refractivity contribution >= 4 is 11.9 Å². The third-order valence-electron chi connectivity index (χ3n) is 5.19. The van der Waals surface area contributed by atoms with Crippen molar-refractivity contribution in [2.45, 2.75) is 85.9 Å². The minimum Gasteiger partial charge on any atom is -0.461 e. The Kier molecular flexibility index (Phi) is 6.01. The van der Waals surface area contributed by atoms with E-state index in [1.54, 1.807) is 0 Å². The second-order valence-electron chi connectivity index (χ2n) is 9.77. The van der Waals surface area contributed by atoms with Crippen molar-refractivity contribution in [2.24, 2.45) is 22.7 Å². The van der Waals surface area contributed by atoms with Crippen LogP contribution in [0.25, 0.3) is 0 Å². The molecule has 3 unspecified atom stereocenters. The number of rotatable bonds is 4. The summed E-state index contributed by atoms with van der Waals surface area (Å²) < 4.78 is 11.3. The van der Waals surface area contributed by atoms with Crippen molar-refractivity contribution in [3.63, 3.8) is 0 Å². The van der Waals surface area contributed by atoms with Gasteiger partial charge in [0.1, 0.15) is 18.6 Å². The van der Waals surface area contributed by atoms with Gasteiger partial charge in [-0.3, -0.25) is 9.59 Å². The van der Waals surface area contributed by atoms with E-state index >= 15 is 0 Å². The van der Waals surface area contributed by atoms with E-state index in [-0.39, 0.29) is 29.5 Å². The molecule has 4 nitrogen and oxygen atoms in total. The second-order valence-corrected chi connectivity index (χ2v) is 9.77. The summed E-state index contributed by atoms with van der Waals surface area (Å²) in [6.45, 7) is 12.3. The molecule has 0 aromatic carbocycles. The third kappa shape index (κ3) is 5.58. The number of allylic oxidation sites excluding steroid dienone is 1. The van der Waals surface area contributed by atoms with Gasteiger partial charge in [-0.1, -0.05) is 53.7 Å². The fourth-order valence-electron chi connectivity index (χ4n) is 4.34. The first-order valence-corrected chi connectivity index (χ1v) is 9.54. The van der Waals surface area contributed by atoms with Gasteiger partial charge in [-0.05, 0) is 42.4 Å². The highest BCUT2D eigenvalue weighted by Gasteiger charge is 2.39. The molecule has 0 heterocycles. The highest BCUT2D eigenvalue weighted by atomic mass is 16.6. The molecule has 3 atom stereocenters. The van der Waals surface area contributed by atoms with E-state index in [9.17, 15) is 9.59 Å². The van der Waals surface area contributed by atoms with E-state index in [0.717, 1.165) is 19.3 Å². The average molecular weight is 350 g/mol. The predicted octanol–water partition coefficient (Wildman–Crippen LogP) is 4.67. The first-order valence-electron chi connectivity index (χ1n) is 9.54. The maximum absolute atomic E-state index is 12.3. The van der Waals surface area contributed by atoms with Crippen molar-refractivity contribution in [2.75, 3.05) is 0 Å². The fourth-order valence-corrected chi connectivity index (χ4v) is 4.34. The molecule has 3 rings (SSSR count). The van der Waals surface area contributed by atoms with Gasteiger partial charge < -0.3 is 9.47 Å². The van der Waals surface area contributed by atoms with Crippen LogP contribution in [0.2, 0.25) is 0 Å². The molecule has 3 aliphatic rings. The van der Waals surface area contributed by atoms with Gasteiger partial charge in [0.25, 0.3) is 0 Å². The number of esters is 2. The highest BCUT2D eigenvalue weighted by Crippen LogP contribution is 2.37. The summed E-state index contributed by atoms with van der Waals surface area (Å²) in [6, 6.07) is 0. The lowest BCUT2D eigenvalue weighted by atomic mass is 9.74. The Morgan fingerprint density at radius 1 is 0.920 bits per heavy atom. The Morgan fingerprint density at radius 2 is 1.52 bits per heavy atom. The van der Waals surface area contributed by atoms with Crippen LogP contribution in [0.4, 0.5) is 0 Å². The molecule has 142 valence electrons. The molecule has 0 spiro atoms. The van der Waals surface area contributed by atoms with E-state index in [0.29, 0.717) is 11.8 Å². The minimum atomic E-state index is -0.492. The Labute approximate surface area is 152 Å². The molecule has 1 fully saturated rings. The van der Waals surface area contributed by atoms with Crippen molar-refractivity contribution in [3.05, 3.63) is 12.2 Å². The molecule has 0 N–H and O–H groups in total. The first-order chi connectivity index (χ1) is 11.5. The molecule has 3 aliphatic carbocycles. The number of ether oxygens (including phenoxy) is 2. The van der Waals surface area contributed by atoms with Crippen LogP contribution < -0.4 is 0 Å². The van der Waals surface area contributed by atoms with E-state index in [1.165, 1.54) is 6.42 Å². The number of hydrogen-bond donors (Lipinski definition) is 0. The molecular weight excluding hydrogens is 316 g/mol. The lowest BCUT2D eigenvalue weighted by molar-refractivity contribution is -0.170. The van der Waals surface area contributed by atoms with Crippen LogP contribution in [0, 0.1) is 22.7 Å². The topological polar surface area (TPSA) is 52.6 Å². The number of hydrogen-bond acceptors (Lipinski definition) is 4. The molecule has 0 aliphatic heterocycles. The van der Waals surface area contributed by atoms with E-state index in [4.69, 9.17) is 9.47 Å². The van der Waals surface area contributed by atoms with Gasteiger partial charge in [0.2, 0.25) is 0 Å². The Balaban J connectivity index is 1.89. The molecule has 0 aromatic rings. The maximum Gasteiger partial charge on any atom is 0.317 e. The van der Waals surface area contributed by atoms with Crippen LogP contribution in [0.5, 0.6) is 0 Å². The summed E-state index contributed by atoms with van der Waals surface area (Å²) in [6.07, 6.45) is 7.97. The smallest absolute Gasteiger partial charge is 0.317 e. The van der Waals surface area contributed by atoms with Crippen molar-refractivity contribution in [1.82, 2.24) is 0 Å². The van der Waals surface area contributed by atoms with Crippen LogP contribution in [-0.2, 0) is 19.1 Å². The molecule has 4 heteroatoms. The number of carbonyl (C=O) groups excluding carboxylic acids is 2. The van der Waals surface area contributed by atoms with Crippen LogP contribution in [0.1, 0.15) is 73.6 Å². The number of carbonyl (C=O) groups is 2. The Bertz CT molecular complexity index is 507. The zero-order valence-corrected chi connectivity index (χ0v) is 16.6. The largest absolute Gasteiger partial charge is 0.461 e. The fraction of sp³-hybridized carbons (Fsp3) is 0.810. The van der Waals surface area contributed by atoms with Gasteiger partial charge in [0.05, 0.1) is 0 Å². The molecule has 0 amide bonds. The van der Waals surface area contributed by atoms with Gasteiger partial charge >= 0.3 is 11.9 Å². The molecule has 0 radical (unpaired) electrons. The molecule has 1 saturated carbocycles. The Morgan fingerprint density at radius 3 is 2.04 bits per heavy atom. The van der Waals surface area contributed by atoms with Gasteiger partial charge in [0.15, 0.2) is 0 Å². The maximum atomic E-state index is 12.3. The summed E-state index contributed by atoms with van der Waals surface area (Å²) in [5, 5.41) is 0. The van der Waals surface area contributed by atoms with Gasteiger partial charge in [-0.2, -0.15) is 0 Å².